The summed E-state index contributed by atoms with van der Waals surface area (Å²) < 4.78 is 0. The normalized spacial score (nSPS) is 29.1. The Balaban J connectivity index is 1.67. The van der Waals surface area contributed by atoms with E-state index in [2.05, 4.69) is 24.2 Å². The molecule has 3 rings (SSSR count). The van der Waals surface area contributed by atoms with Crippen molar-refractivity contribution in [1.29, 1.82) is 0 Å². The molecule has 2 atom stereocenters. The van der Waals surface area contributed by atoms with E-state index in [-0.39, 0.29) is 23.8 Å². The molecule has 3 aliphatic heterocycles. The zero-order valence-corrected chi connectivity index (χ0v) is 19.1. The van der Waals surface area contributed by atoms with Crippen LogP contribution in [0.2, 0.25) is 0 Å². The Kier molecular flexibility index (Phi) is 7.22. The standard InChI is InChI=1S/C23H38N4O3/c1-5-12-23(18-9-14-26(15-10-18)20(28)17(3)6-2)21(29)27(22(30)24-23)16-11-19-8-7-13-25(19)4/h6,18-19H,5,7-16H2,1-4H3,(H,24,30)/b17-6+/t19-,23+/m1/s1. The highest BCUT2D eigenvalue weighted by Gasteiger charge is 2.55. The molecule has 3 heterocycles. The van der Waals surface area contributed by atoms with Crippen molar-refractivity contribution in [1.82, 2.24) is 20.0 Å². The molecular formula is C23H38N4O3. The molecule has 3 saturated heterocycles. The van der Waals surface area contributed by atoms with Gasteiger partial charge in [0, 0.05) is 31.2 Å². The molecule has 0 aromatic heterocycles. The van der Waals surface area contributed by atoms with E-state index >= 15 is 0 Å². The van der Waals surface area contributed by atoms with Gasteiger partial charge in [-0.2, -0.15) is 0 Å². The second kappa shape index (κ2) is 9.50. The van der Waals surface area contributed by atoms with E-state index in [1.54, 1.807) is 0 Å². The smallest absolute Gasteiger partial charge is 0.325 e. The fraction of sp³-hybridized carbons (Fsp3) is 0.783. The zero-order chi connectivity index (χ0) is 21.9. The van der Waals surface area contributed by atoms with Crippen LogP contribution in [0.4, 0.5) is 4.79 Å². The number of carbonyl (C=O) groups excluding carboxylic acids is 3. The molecule has 168 valence electrons. The quantitative estimate of drug-likeness (QED) is 0.510. The second-order valence-corrected chi connectivity index (χ2v) is 9.21. The Labute approximate surface area is 180 Å². The molecule has 3 fully saturated rings. The summed E-state index contributed by atoms with van der Waals surface area (Å²) in [7, 11) is 2.12. The third-order valence-electron chi connectivity index (χ3n) is 7.45. The van der Waals surface area contributed by atoms with Crippen molar-refractivity contribution in [3.05, 3.63) is 11.6 Å². The fourth-order valence-electron chi connectivity index (χ4n) is 5.46. The first-order valence-corrected chi connectivity index (χ1v) is 11.6. The zero-order valence-electron chi connectivity index (χ0n) is 19.1. The number of nitrogens with zero attached hydrogens (tertiary/aromatic N) is 3. The lowest BCUT2D eigenvalue weighted by molar-refractivity contribution is -0.135. The van der Waals surface area contributed by atoms with Crippen LogP contribution in [0.15, 0.2) is 11.6 Å². The summed E-state index contributed by atoms with van der Waals surface area (Å²) in [5.41, 5.74) is -0.0527. The van der Waals surface area contributed by atoms with Gasteiger partial charge in [-0.25, -0.2) is 4.79 Å². The second-order valence-electron chi connectivity index (χ2n) is 9.21. The molecule has 30 heavy (non-hydrogen) atoms. The first-order chi connectivity index (χ1) is 14.3. The Bertz CT molecular complexity index is 699. The molecule has 0 spiro atoms. The van der Waals surface area contributed by atoms with Crippen molar-refractivity contribution in [3.63, 3.8) is 0 Å². The number of amides is 4. The Hall–Kier alpha value is -1.89. The number of rotatable bonds is 7. The summed E-state index contributed by atoms with van der Waals surface area (Å²) in [6.07, 6.45) is 7.98. The molecule has 3 aliphatic rings. The number of nitrogens with one attached hydrogen (secondary N) is 1. The van der Waals surface area contributed by atoms with Crippen molar-refractivity contribution < 1.29 is 14.4 Å². The molecule has 7 nitrogen and oxygen atoms in total. The molecule has 0 aromatic carbocycles. The first kappa shape index (κ1) is 22.8. The van der Waals surface area contributed by atoms with Gasteiger partial charge in [0.1, 0.15) is 5.54 Å². The summed E-state index contributed by atoms with van der Waals surface area (Å²) in [4.78, 5) is 44.5. The molecular weight excluding hydrogens is 380 g/mol. The van der Waals surface area contributed by atoms with Crippen molar-refractivity contribution in [2.24, 2.45) is 5.92 Å². The molecule has 0 saturated carbocycles. The van der Waals surface area contributed by atoms with Crippen LogP contribution >= 0.6 is 0 Å². The van der Waals surface area contributed by atoms with Gasteiger partial charge in [0.15, 0.2) is 0 Å². The van der Waals surface area contributed by atoms with Crippen LogP contribution in [0.1, 0.15) is 65.7 Å². The minimum Gasteiger partial charge on any atom is -0.339 e. The SMILES string of the molecule is C/C=C(\C)C(=O)N1CCC([C@]2(CCC)NC(=O)N(CC[C@H]3CCCN3C)C2=O)CC1. The van der Waals surface area contributed by atoms with Crippen LogP contribution < -0.4 is 5.32 Å². The van der Waals surface area contributed by atoms with Crippen LogP contribution in [-0.2, 0) is 9.59 Å². The number of likely N-dealkylation sites (tertiary alicyclic amines) is 2. The van der Waals surface area contributed by atoms with Gasteiger partial charge in [0.25, 0.3) is 5.91 Å². The Morgan fingerprint density at radius 3 is 2.47 bits per heavy atom. The monoisotopic (exact) mass is 418 g/mol. The average molecular weight is 419 g/mol. The number of carbonyl (C=O) groups is 3. The van der Waals surface area contributed by atoms with Crippen molar-refractivity contribution in [2.75, 3.05) is 33.2 Å². The summed E-state index contributed by atoms with van der Waals surface area (Å²) in [5, 5.41) is 3.11. The molecule has 0 aromatic rings. The lowest BCUT2D eigenvalue weighted by atomic mass is 9.74. The average Bonchev–Trinajstić information content (AvgIpc) is 3.26. The van der Waals surface area contributed by atoms with Crippen molar-refractivity contribution in [2.45, 2.75) is 77.3 Å². The molecule has 7 heteroatoms. The van der Waals surface area contributed by atoms with Crippen LogP contribution in [0, 0.1) is 5.92 Å². The van der Waals surface area contributed by atoms with Crippen LogP contribution in [0.3, 0.4) is 0 Å². The van der Waals surface area contributed by atoms with E-state index in [1.807, 2.05) is 24.8 Å². The molecule has 4 amide bonds. The van der Waals surface area contributed by atoms with Gasteiger partial charge in [0.2, 0.25) is 5.91 Å². The van der Waals surface area contributed by atoms with E-state index in [1.165, 1.54) is 11.3 Å². The van der Waals surface area contributed by atoms with E-state index in [4.69, 9.17) is 0 Å². The van der Waals surface area contributed by atoms with E-state index in [0.29, 0.717) is 32.1 Å². The highest BCUT2D eigenvalue weighted by molar-refractivity contribution is 6.07. The highest BCUT2D eigenvalue weighted by Crippen LogP contribution is 2.37. The predicted octanol–water partition coefficient (Wildman–Crippen LogP) is 2.77. The third-order valence-corrected chi connectivity index (χ3v) is 7.45. The van der Waals surface area contributed by atoms with Crippen LogP contribution in [-0.4, -0.2) is 77.4 Å². The molecule has 0 unspecified atom stereocenters. The molecule has 1 N–H and O–H groups in total. The number of hydrogen-bond acceptors (Lipinski definition) is 4. The summed E-state index contributed by atoms with van der Waals surface area (Å²) >= 11 is 0. The van der Waals surface area contributed by atoms with Crippen LogP contribution in [0.25, 0.3) is 0 Å². The summed E-state index contributed by atoms with van der Waals surface area (Å²) in [5.74, 6) is 0.0945. The number of imide groups is 1. The lowest BCUT2D eigenvalue weighted by Gasteiger charge is -2.41. The molecule has 0 aliphatic carbocycles. The summed E-state index contributed by atoms with van der Waals surface area (Å²) in [6, 6.07) is 0.216. The van der Waals surface area contributed by atoms with Gasteiger partial charge in [-0.3, -0.25) is 14.5 Å². The molecule has 0 radical (unpaired) electrons. The van der Waals surface area contributed by atoms with Gasteiger partial charge in [-0.1, -0.05) is 19.4 Å². The Morgan fingerprint density at radius 2 is 1.90 bits per heavy atom. The van der Waals surface area contributed by atoms with Gasteiger partial charge in [0.05, 0.1) is 0 Å². The van der Waals surface area contributed by atoms with Gasteiger partial charge < -0.3 is 15.1 Å². The topological polar surface area (TPSA) is 73.0 Å². The minimum absolute atomic E-state index is 0.0515. The molecule has 0 bridgehead atoms. The highest BCUT2D eigenvalue weighted by atomic mass is 16.2. The van der Waals surface area contributed by atoms with E-state index < -0.39 is 5.54 Å². The van der Waals surface area contributed by atoms with Gasteiger partial charge >= 0.3 is 6.03 Å². The van der Waals surface area contributed by atoms with E-state index in [9.17, 15) is 14.4 Å². The number of urea groups is 1. The van der Waals surface area contributed by atoms with Crippen LogP contribution in [0.5, 0.6) is 0 Å². The fourth-order valence-corrected chi connectivity index (χ4v) is 5.46. The maximum atomic E-state index is 13.5. The first-order valence-electron chi connectivity index (χ1n) is 11.6. The number of hydrogen-bond donors (Lipinski definition) is 1. The van der Waals surface area contributed by atoms with Crippen molar-refractivity contribution >= 4 is 17.8 Å². The summed E-state index contributed by atoms with van der Waals surface area (Å²) in [6.45, 7) is 8.63. The maximum absolute atomic E-state index is 13.5. The number of piperidine rings is 1. The van der Waals surface area contributed by atoms with E-state index in [0.717, 1.165) is 44.2 Å². The lowest BCUT2D eigenvalue weighted by Crippen LogP contribution is -2.56. The van der Waals surface area contributed by atoms with Gasteiger partial charge in [-0.05, 0) is 71.9 Å². The third kappa shape index (κ3) is 4.27. The largest absolute Gasteiger partial charge is 0.339 e. The minimum atomic E-state index is -0.807. The number of allylic oxidation sites excluding steroid dienone is 1. The van der Waals surface area contributed by atoms with Gasteiger partial charge in [-0.15, -0.1) is 0 Å². The van der Waals surface area contributed by atoms with Crippen molar-refractivity contribution in [3.8, 4) is 0 Å². The Morgan fingerprint density at radius 1 is 1.20 bits per heavy atom. The maximum Gasteiger partial charge on any atom is 0.325 e. The predicted molar refractivity (Wildman–Crippen MR) is 117 cm³/mol.